The highest BCUT2D eigenvalue weighted by atomic mass is 79.9. The second kappa shape index (κ2) is 6.47. The zero-order valence-electron chi connectivity index (χ0n) is 11.9. The summed E-state index contributed by atoms with van der Waals surface area (Å²) < 4.78 is 0.946. The van der Waals surface area contributed by atoms with Gasteiger partial charge < -0.3 is 15.7 Å². The number of carbonyl (C=O) groups is 2. The first-order chi connectivity index (χ1) is 9.93. The van der Waals surface area contributed by atoms with Crippen LogP contribution in [0.15, 0.2) is 22.7 Å². The highest BCUT2D eigenvalue weighted by Crippen LogP contribution is 2.37. The molecular weight excluding hydrogens is 336 g/mol. The fraction of sp³-hybridized carbons (Fsp3) is 0.467. The van der Waals surface area contributed by atoms with Gasteiger partial charge in [0.2, 0.25) is 0 Å². The highest BCUT2D eigenvalue weighted by molar-refractivity contribution is 9.10. The van der Waals surface area contributed by atoms with Gasteiger partial charge in [0.05, 0.1) is 5.41 Å². The summed E-state index contributed by atoms with van der Waals surface area (Å²) in [5.41, 5.74) is 0.853. The molecule has 0 spiro atoms. The first-order valence-electron chi connectivity index (χ1n) is 6.97. The summed E-state index contributed by atoms with van der Waals surface area (Å²) in [6.07, 6.45) is 3.06. The molecule has 6 heteroatoms. The Bertz CT molecular complexity index is 554. The molecule has 0 bridgehead atoms. The van der Waals surface area contributed by atoms with Crippen LogP contribution in [0.4, 0.5) is 10.5 Å². The molecule has 0 aliphatic heterocycles. The van der Waals surface area contributed by atoms with E-state index >= 15 is 0 Å². The number of halogens is 1. The number of anilines is 1. The third-order valence-electron chi connectivity index (χ3n) is 4.04. The minimum Gasteiger partial charge on any atom is -0.481 e. The van der Waals surface area contributed by atoms with Gasteiger partial charge in [-0.1, -0.05) is 28.8 Å². The molecule has 0 heterocycles. The predicted octanol–water partition coefficient (Wildman–Crippen LogP) is 3.52. The summed E-state index contributed by atoms with van der Waals surface area (Å²) in [5.74, 6) is -0.819. The molecule has 1 aromatic carbocycles. The summed E-state index contributed by atoms with van der Waals surface area (Å²) >= 11 is 3.37. The number of aliphatic carboxylic acids is 1. The standard InChI is InChI=1S/C15H19BrN2O3/c1-10-8-11(16)4-5-12(10)18-14(21)17-9-15(13(19)20)6-2-3-7-15/h4-5,8H,2-3,6-7,9H2,1H3,(H,19,20)(H2,17,18,21). The molecular formula is C15H19BrN2O3. The van der Waals surface area contributed by atoms with Crippen molar-refractivity contribution in [2.45, 2.75) is 32.6 Å². The smallest absolute Gasteiger partial charge is 0.319 e. The third-order valence-corrected chi connectivity index (χ3v) is 4.53. The molecule has 1 fully saturated rings. The zero-order chi connectivity index (χ0) is 15.5. The van der Waals surface area contributed by atoms with Crippen LogP contribution in [0.25, 0.3) is 0 Å². The Labute approximate surface area is 132 Å². The normalized spacial score (nSPS) is 16.5. The number of aryl methyl sites for hydroxylation is 1. The van der Waals surface area contributed by atoms with Gasteiger partial charge in [0.25, 0.3) is 0 Å². The van der Waals surface area contributed by atoms with Crippen molar-refractivity contribution in [3.05, 3.63) is 28.2 Å². The number of carboxylic acid groups (broad SMARTS) is 1. The topological polar surface area (TPSA) is 78.4 Å². The molecule has 1 aromatic rings. The van der Waals surface area contributed by atoms with E-state index in [0.717, 1.165) is 22.9 Å². The summed E-state index contributed by atoms with van der Waals surface area (Å²) in [5, 5.41) is 14.8. The van der Waals surface area contributed by atoms with Crippen molar-refractivity contribution in [2.24, 2.45) is 5.41 Å². The predicted molar refractivity (Wildman–Crippen MR) is 84.4 cm³/mol. The first kappa shape index (κ1) is 15.8. The third kappa shape index (κ3) is 3.75. The maximum absolute atomic E-state index is 11.9. The molecule has 2 amide bonds. The maximum Gasteiger partial charge on any atom is 0.319 e. The van der Waals surface area contributed by atoms with Crippen molar-refractivity contribution >= 4 is 33.6 Å². The van der Waals surface area contributed by atoms with Crippen LogP contribution in [0.2, 0.25) is 0 Å². The van der Waals surface area contributed by atoms with Crippen LogP contribution in [0.1, 0.15) is 31.2 Å². The van der Waals surface area contributed by atoms with Crippen molar-refractivity contribution in [1.29, 1.82) is 0 Å². The Morgan fingerprint density at radius 1 is 1.33 bits per heavy atom. The van der Waals surface area contributed by atoms with Crippen molar-refractivity contribution in [3.8, 4) is 0 Å². The molecule has 0 atom stereocenters. The summed E-state index contributed by atoms with van der Waals surface area (Å²) in [7, 11) is 0. The van der Waals surface area contributed by atoms with Crippen LogP contribution in [0.3, 0.4) is 0 Å². The molecule has 1 aliphatic carbocycles. The molecule has 0 aromatic heterocycles. The quantitative estimate of drug-likeness (QED) is 0.773. The van der Waals surface area contributed by atoms with E-state index in [9.17, 15) is 14.7 Å². The number of nitrogens with one attached hydrogen (secondary N) is 2. The molecule has 21 heavy (non-hydrogen) atoms. The highest BCUT2D eigenvalue weighted by Gasteiger charge is 2.41. The molecule has 0 saturated heterocycles. The molecule has 0 radical (unpaired) electrons. The minimum atomic E-state index is -0.819. The van der Waals surface area contributed by atoms with E-state index < -0.39 is 11.4 Å². The van der Waals surface area contributed by atoms with Crippen molar-refractivity contribution in [1.82, 2.24) is 5.32 Å². The van der Waals surface area contributed by atoms with Gasteiger partial charge in [-0.3, -0.25) is 4.79 Å². The Hall–Kier alpha value is -1.56. The molecule has 1 saturated carbocycles. The minimum absolute atomic E-state index is 0.170. The van der Waals surface area contributed by atoms with Crippen LogP contribution < -0.4 is 10.6 Å². The van der Waals surface area contributed by atoms with Crippen LogP contribution in [-0.4, -0.2) is 23.7 Å². The number of amides is 2. The number of hydrogen-bond acceptors (Lipinski definition) is 2. The molecule has 3 N–H and O–H groups in total. The number of hydrogen-bond donors (Lipinski definition) is 3. The summed E-state index contributed by atoms with van der Waals surface area (Å²) in [4.78, 5) is 23.4. The van der Waals surface area contributed by atoms with Gasteiger partial charge in [-0.2, -0.15) is 0 Å². The Balaban J connectivity index is 1.94. The van der Waals surface area contributed by atoms with Crippen LogP contribution >= 0.6 is 15.9 Å². The Kier molecular flexibility index (Phi) is 4.88. The van der Waals surface area contributed by atoms with E-state index in [4.69, 9.17) is 0 Å². The summed E-state index contributed by atoms with van der Waals surface area (Å²) in [6, 6.07) is 5.19. The Morgan fingerprint density at radius 2 is 2.00 bits per heavy atom. The van der Waals surface area contributed by atoms with Gasteiger partial charge in [0, 0.05) is 16.7 Å². The van der Waals surface area contributed by atoms with Gasteiger partial charge >= 0.3 is 12.0 Å². The zero-order valence-corrected chi connectivity index (χ0v) is 13.5. The molecule has 1 aliphatic rings. The Morgan fingerprint density at radius 3 is 2.57 bits per heavy atom. The number of carboxylic acids is 1. The maximum atomic E-state index is 11.9. The first-order valence-corrected chi connectivity index (χ1v) is 7.77. The van der Waals surface area contributed by atoms with Gasteiger partial charge in [0.15, 0.2) is 0 Å². The van der Waals surface area contributed by atoms with Crippen molar-refractivity contribution < 1.29 is 14.7 Å². The van der Waals surface area contributed by atoms with Crippen LogP contribution in [0.5, 0.6) is 0 Å². The molecule has 5 nitrogen and oxygen atoms in total. The molecule has 0 unspecified atom stereocenters. The van der Waals surface area contributed by atoms with E-state index in [0.29, 0.717) is 18.5 Å². The number of benzene rings is 1. The fourth-order valence-electron chi connectivity index (χ4n) is 2.70. The van der Waals surface area contributed by atoms with Crippen molar-refractivity contribution in [3.63, 3.8) is 0 Å². The lowest BCUT2D eigenvalue weighted by atomic mass is 9.86. The van der Waals surface area contributed by atoms with Gasteiger partial charge in [-0.05, 0) is 43.5 Å². The van der Waals surface area contributed by atoms with Gasteiger partial charge in [0.1, 0.15) is 0 Å². The van der Waals surface area contributed by atoms with E-state index in [1.807, 2.05) is 25.1 Å². The summed E-state index contributed by atoms with van der Waals surface area (Å²) in [6.45, 7) is 2.07. The van der Waals surface area contributed by atoms with Crippen LogP contribution in [-0.2, 0) is 4.79 Å². The second-order valence-electron chi connectivity index (χ2n) is 5.56. The van der Waals surface area contributed by atoms with E-state index in [2.05, 4.69) is 26.6 Å². The van der Waals surface area contributed by atoms with E-state index in [1.165, 1.54) is 0 Å². The molecule has 114 valence electrons. The van der Waals surface area contributed by atoms with Crippen molar-refractivity contribution in [2.75, 3.05) is 11.9 Å². The fourth-order valence-corrected chi connectivity index (χ4v) is 3.18. The average molecular weight is 355 g/mol. The lowest BCUT2D eigenvalue weighted by molar-refractivity contribution is -0.148. The van der Waals surface area contributed by atoms with Crippen LogP contribution in [0, 0.1) is 12.3 Å². The number of rotatable bonds is 4. The van der Waals surface area contributed by atoms with E-state index in [1.54, 1.807) is 0 Å². The second-order valence-corrected chi connectivity index (χ2v) is 6.48. The SMILES string of the molecule is Cc1cc(Br)ccc1NC(=O)NCC1(C(=O)O)CCCC1. The largest absolute Gasteiger partial charge is 0.481 e. The molecule has 2 rings (SSSR count). The number of carbonyl (C=O) groups excluding carboxylic acids is 1. The lowest BCUT2D eigenvalue weighted by Crippen LogP contribution is -2.42. The van der Waals surface area contributed by atoms with E-state index in [-0.39, 0.29) is 12.6 Å². The number of urea groups is 1. The monoisotopic (exact) mass is 354 g/mol. The van der Waals surface area contributed by atoms with Gasteiger partial charge in [-0.25, -0.2) is 4.79 Å². The van der Waals surface area contributed by atoms with Gasteiger partial charge in [-0.15, -0.1) is 0 Å². The lowest BCUT2D eigenvalue weighted by Gasteiger charge is -2.24. The average Bonchev–Trinajstić information content (AvgIpc) is 2.90.